The van der Waals surface area contributed by atoms with Crippen LogP contribution in [0.4, 0.5) is 5.82 Å². The minimum atomic E-state index is -0.602. The molecule has 31 heavy (non-hydrogen) atoms. The Kier molecular flexibility index (Phi) is 5.61. The minimum absolute atomic E-state index is 0.318. The first-order chi connectivity index (χ1) is 15.0. The number of nitrogens with one attached hydrogen (secondary N) is 2. The Hall–Kier alpha value is -4.20. The van der Waals surface area contributed by atoms with Gasteiger partial charge in [-0.05, 0) is 61.0 Å². The Morgan fingerprint density at radius 2 is 1.87 bits per heavy atom. The van der Waals surface area contributed by atoms with E-state index in [1.54, 1.807) is 37.6 Å². The second kappa shape index (κ2) is 8.66. The number of amides is 1. The van der Waals surface area contributed by atoms with Gasteiger partial charge in [-0.1, -0.05) is 6.07 Å². The number of rotatable bonds is 6. The number of ether oxygens (including phenoxy) is 2. The van der Waals surface area contributed by atoms with E-state index in [1.165, 1.54) is 0 Å². The van der Waals surface area contributed by atoms with Gasteiger partial charge in [0, 0.05) is 11.8 Å². The first kappa shape index (κ1) is 20.1. The third-order valence-corrected chi connectivity index (χ3v) is 4.59. The predicted octanol–water partition coefficient (Wildman–Crippen LogP) is 3.74. The van der Waals surface area contributed by atoms with Crippen LogP contribution in [-0.2, 0) is 9.53 Å². The van der Waals surface area contributed by atoms with E-state index in [2.05, 4.69) is 20.3 Å². The lowest BCUT2D eigenvalue weighted by atomic mass is 10.2. The molecule has 0 fully saturated rings. The molecule has 0 bridgehead atoms. The van der Waals surface area contributed by atoms with Gasteiger partial charge in [-0.3, -0.25) is 4.79 Å². The summed E-state index contributed by atoms with van der Waals surface area (Å²) in [7, 11) is 1.61. The fourth-order valence-electron chi connectivity index (χ4n) is 2.96. The third-order valence-electron chi connectivity index (χ3n) is 4.59. The van der Waals surface area contributed by atoms with Crippen molar-refractivity contribution in [2.24, 2.45) is 0 Å². The summed E-state index contributed by atoms with van der Waals surface area (Å²) in [6, 6.07) is 16.0. The smallest absolute Gasteiger partial charge is 0.338 e. The first-order valence-corrected chi connectivity index (χ1v) is 9.55. The number of aryl methyl sites for hydroxylation is 1. The lowest BCUT2D eigenvalue weighted by molar-refractivity contribution is -0.119. The number of H-pyrrole nitrogens is 1. The lowest BCUT2D eigenvalue weighted by Gasteiger charge is -2.06. The highest BCUT2D eigenvalue weighted by Gasteiger charge is 2.13. The molecule has 2 aromatic carbocycles. The normalized spacial score (nSPS) is 10.6. The van der Waals surface area contributed by atoms with Crippen LogP contribution in [0.15, 0.2) is 60.8 Å². The van der Waals surface area contributed by atoms with Crippen LogP contribution in [-0.4, -0.2) is 40.5 Å². The van der Waals surface area contributed by atoms with Crippen molar-refractivity contribution in [2.45, 2.75) is 6.92 Å². The molecule has 0 saturated carbocycles. The van der Waals surface area contributed by atoms with Gasteiger partial charge in [0.1, 0.15) is 17.4 Å². The zero-order valence-corrected chi connectivity index (χ0v) is 17.0. The van der Waals surface area contributed by atoms with E-state index >= 15 is 0 Å². The van der Waals surface area contributed by atoms with Crippen molar-refractivity contribution in [3.63, 3.8) is 0 Å². The number of esters is 1. The van der Waals surface area contributed by atoms with Gasteiger partial charge in [0.05, 0.1) is 23.7 Å². The van der Waals surface area contributed by atoms with Gasteiger partial charge in [-0.2, -0.15) is 0 Å². The van der Waals surface area contributed by atoms with Crippen molar-refractivity contribution in [3.8, 4) is 17.1 Å². The Morgan fingerprint density at radius 1 is 1.06 bits per heavy atom. The molecule has 4 rings (SSSR count). The van der Waals surface area contributed by atoms with Crippen molar-refractivity contribution in [3.05, 3.63) is 71.9 Å². The summed E-state index contributed by atoms with van der Waals surface area (Å²) < 4.78 is 10.3. The van der Waals surface area contributed by atoms with Crippen molar-refractivity contribution in [2.75, 3.05) is 19.0 Å². The molecular weight excluding hydrogens is 396 g/mol. The Balaban J connectivity index is 1.41. The fraction of sp³-hybridized carbons (Fsp3) is 0.130. The average molecular weight is 416 g/mol. The molecule has 2 heterocycles. The highest BCUT2D eigenvalue weighted by Crippen LogP contribution is 2.23. The molecule has 0 aliphatic carbocycles. The number of benzene rings is 2. The maximum Gasteiger partial charge on any atom is 0.338 e. The molecule has 8 heteroatoms. The van der Waals surface area contributed by atoms with E-state index in [-0.39, 0.29) is 0 Å². The number of fused-ring (bicyclic) bond motifs is 1. The number of carbonyl (C=O) groups is 2. The number of methoxy groups -OCH3 is 1. The lowest BCUT2D eigenvalue weighted by Crippen LogP contribution is -2.21. The van der Waals surface area contributed by atoms with Crippen molar-refractivity contribution < 1.29 is 19.1 Å². The SMILES string of the molecule is COc1ccc(-c2nc3ccc(C(=O)OCC(=O)Nc4ccc(C)cn4)cc3[nH]2)cc1. The first-order valence-electron chi connectivity index (χ1n) is 9.55. The summed E-state index contributed by atoms with van der Waals surface area (Å²) in [4.78, 5) is 36.2. The highest BCUT2D eigenvalue weighted by molar-refractivity contribution is 5.97. The van der Waals surface area contributed by atoms with E-state index in [0.29, 0.717) is 28.2 Å². The summed E-state index contributed by atoms with van der Waals surface area (Å²) in [6.45, 7) is 1.49. The van der Waals surface area contributed by atoms with Gasteiger partial charge in [0.15, 0.2) is 6.61 Å². The number of hydrogen-bond donors (Lipinski definition) is 2. The van der Waals surface area contributed by atoms with E-state index < -0.39 is 18.5 Å². The second-order valence-electron chi connectivity index (χ2n) is 6.89. The predicted molar refractivity (Wildman–Crippen MR) is 116 cm³/mol. The number of anilines is 1. The molecule has 1 amide bonds. The molecule has 0 saturated heterocycles. The van der Waals surface area contributed by atoms with Crippen molar-refractivity contribution in [1.82, 2.24) is 15.0 Å². The largest absolute Gasteiger partial charge is 0.497 e. The minimum Gasteiger partial charge on any atom is -0.497 e. The van der Waals surface area contributed by atoms with Crippen molar-refractivity contribution in [1.29, 1.82) is 0 Å². The van der Waals surface area contributed by atoms with Gasteiger partial charge < -0.3 is 19.8 Å². The van der Waals surface area contributed by atoms with Gasteiger partial charge in [-0.15, -0.1) is 0 Å². The molecule has 0 aliphatic heterocycles. The molecule has 156 valence electrons. The fourth-order valence-corrected chi connectivity index (χ4v) is 2.96. The monoisotopic (exact) mass is 416 g/mol. The van der Waals surface area contributed by atoms with E-state index in [0.717, 1.165) is 16.9 Å². The Labute approximate surface area is 178 Å². The molecule has 4 aromatic rings. The maximum atomic E-state index is 12.4. The van der Waals surface area contributed by atoms with Gasteiger partial charge in [0.25, 0.3) is 5.91 Å². The average Bonchev–Trinajstić information content (AvgIpc) is 3.22. The zero-order chi connectivity index (χ0) is 21.8. The number of carbonyl (C=O) groups excluding carboxylic acids is 2. The molecule has 0 unspecified atom stereocenters. The standard InChI is InChI=1S/C23H20N4O4/c1-14-3-10-20(24-12-14)27-21(28)13-31-23(29)16-6-9-18-19(11-16)26-22(25-18)15-4-7-17(30-2)8-5-15/h3-12H,13H2,1-2H3,(H,25,26)(H,24,27,28). The Bertz CT molecular complexity index is 1230. The number of aromatic nitrogens is 3. The number of pyridine rings is 1. The summed E-state index contributed by atoms with van der Waals surface area (Å²) in [6.07, 6.45) is 1.64. The van der Waals surface area contributed by atoms with Crippen LogP contribution in [0.2, 0.25) is 0 Å². The van der Waals surface area contributed by atoms with Gasteiger partial charge in [-0.25, -0.2) is 14.8 Å². The number of hydrogen-bond acceptors (Lipinski definition) is 6. The van der Waals surface area contributed by atoms with Gasteiger partial charge >= 0.3 is 5.97 Å². The summed E-state index contributed by atoms with van der Waals surface area (Å²) in [5.41, 5.74) is 3.59. The van der Waals surface area contributed by atoms with Crippen LogP contribution < -0.4 is 10.1 Å². The molecule has 2 N–H and O–H groups in total. The number of aromatic amines is 1. The summed E-state index contributed by atoms with van der Waals surface area (Å²) in [5.74, 6) is 0.764. The van der Waals surface area contributed by atoms with Crippen LogP contribution in [0.1, 0.15) is 15.9 Å². The van der Waals surface area contributed by atoms with Crippen LogP contribution in [0, 0.1) is 6.92 Å². The third kappa shape index (κ3) is 4.69. The molecule has 0 aliphatic rings. The molecular formula is C23H20N4O4. The van der Waals surface area contributed by atoms with E-state index in [1.807, 2.05) is 37.3 Å². The zero-order valence-electron chi connectivity index (χ0n) is 17.0. The van der Waals surface area contributed by atoms with Crippen LogP contribution in [0.5, 0.6) is 5.75 Å². The topological polar surface area (TPSA) is 106 Å². The number of nitrogens with zero attached hydrogens (tertiary/aromatic N) is 2. The molecule has 0 atom stereocenters. The van der Waals surface area contributed by atoms with Gasteiger partial charge in [0.2, 0.25) is 0 Å². The molecule has 2 aromatic heterocycles. The Morgan fingerprint density at radius 3 is 2.58 bits per heavy atom. The summed E-state index contributed by atoms with van der Waals surface area (Å²) in [5, 5.41) is 2.58. The quantitative estimate of drug-likeness (QED) is 0.464. The van der Waals surface area contributed by atoms with E-state index in [4.69, 9.17) is 9.47 Å². The summed E-state index contributed by atoms with van der Waals surface area (Å²) >= 11 is 0. The highest BCUT2D eigenvalue weighted by atomic mass is 16.5. The molecule has 0 spiro atoms. The van der Waals surface area contributed by atoms with Crippen molar-refractivity contribution >= 4 is 28.7 Å². The second-order valence-corrected chi connectivity index (χ2v) is 6.89. The molecule has 0 radical (unpaired) electrons. The maximum absolute atomic E-state index is 12.4. The van der Waals surface area contributed by atoms with E-state index in [9.17, 15) is 9.59 Å². The molecule has 8 nitrogen and oxygen atoms in total. The van der Waals surface area contributed by atoms with Crippen LogP contribution in [0.25, 0.3) is 22.4 Å². The van der Waals surface area contributed by atoms with Crippen LogP contribution >= 0.6 is 0 Å². The number of imidazole rings is 1. The van der Waals surface area contributed by atoms with Crippen LogP contribution in [0.3, 0.4) is 0 Å².